The highest BCUT2D eigenvalue weighted by Gasteiger charge is 2.56. The van der Waals surface area contributed by atoms with Crippen molar-refractivity contribution in [3.63, 3.8) is 0 Å². The first-order valence-corrected chi connectivity index (χ1v) is 13.7. The highest BCUT2D eigenvalue weighted by molar-refractivity contribution is 5.96. The van der Waals surface area contributed by atoms with E-state index in [2.05, 4.69) is 19.2 Å². The van der Waals surface area contributed by atoms with Gasteiger partial charge in [0.2, 0.25) is 11.8 Å². The molecule has 6 aliphatic rings. The van der Waals surface area contributed by atoms with Crippen LogP contribution in [0.3, 0.4) is 0 Å². The van der Waals surface area contributed by atoms with Gasteiger partial charge in [-0.05, 0) is 67.4 Å². The Hall–Kier alpha value is -2.38. The van der Waals surface area contributed by atoms with Crippen molar-refractivity contribution in [2.45, 2.75) is 70.1 Å². The maximum Gasteiger partial charge on any atom is 0.247 e. The Morgan fingerprint density at radius 1 is 1.17 bits per heavy atom. The zero-order valence-electron chi connectivity index (χ0n) is 21.2. The molecule has 0 spiro atoms. The van der Waals surface area contributed by atoms with Crippen LogP contribution < -0.4 is 10.1 Å². The highest BCUT2D eigenvalue weighted by atomic mass is 16.5. The van der Waals surface area contributed by atoms with Crippen LogP contribution in [0, 0.1) is 29.1 Å². The van der Waals surface area contributed by atoms with Crippen LogP contribution in [0.2, 0.25) is 0 Å². The number of fused-ring (bicyclic) bond motifs is 5. The standard InChI is InChI=1S/C29H38N2O5/c1-29(2)18-10-9-17(21(29)13-18)15-31(28(35)16-7-8-16)22-14-20(27(34)30-11-12-32)24-19-5-3-4-6-23(19)36-26(24)25(22)33/h3-6,14,16-18,21-22,24-26,32-33H,7-13,15H2,1-2H3,(H,30,34)/t17-,18-,21-,22+,24-,25-,26-/m0/s1. The smallest absolute Gasteiger partial charge is 0.247 e. The first-order valence-electron chi connectivity index (χ1n) is 13.7. The van der Waals surface area contributed by atoms with Crippen molar-refractivity contribution >= 4 is 11.8 Å². The first-order chi connectivity index (χ1) is 17.3. The Kier molecular flexibility index (Phi) is 5.91. The first kappa shape index (κ1) is 24.0. The second-order valence-electron chi connectivity index (χ2n) is 12.1. The molecule has 1 aromatic rings. The highest BCUT2D eigenvalue weighted by Crippen LogP contribution is 2.61. The van der Waals surface area contributed by atoms with Crippen molar-refractivity contribution in [3.05, 3.63) is 41.5 Å². The quantitative estimate of drug-likeness (QED) is 0.541. The molecule has 7 heteroatoms. The van der Waals surface area contributed by atoms with Gasteiger partial charge >= 0.3 is 0 Å². The average Bonchev–Trinajstić information content (AvgIpc) is 3.66. The Bertz CT molecular complexity index is 1080. The predicted octanol–water partition coefficient (Wildman–Crippen LogP) is 2.62. The minimum absolute atomic E-state index is 0.0161. The van der Waals surface area contributed by atoms with Crippen molar-refractivity contribution in [2.75, 3.05) is 19.7 Å². The monoisotopic (exact) mass is 494 g/mol. The van der Waals surface area contributed by atoms with Crippen molar-refractivity contribution in [3.8, 4) is 5.75 Å². The Balaban J connectivity index is 1.35. The number of aliphatic hydroxyl groups excluding tert-OH is 2. The van der Waals surface area contributed by atoms with E-state index in [0.29, 0.717) is 35.1 Å². The van der Waals surface area contributed by atoms with E-state index in [1.165, 1.54) is 12.8 Å². The molecule has 4 fully saturated rings. The molecule has 1 aliphatic heterocycles. The normalized spacial score (nSPS) is 35.4. The summed E-state index contributed by atoms with van der Waals surface area (Å²) < 4.78 is 6.24. The number of hydrogen-bond donors (Lipinski definition) is 3. The van der Waals surface area contributed by atoms with E-state index >= 15 is 0 Å². The second kappa shape index (κ2) is 8.88. The van der Waals surface area contributed by atoms with Crippen LogP contribution in [0.4, 0.5) is 0 Å². The summed E-state index contributed by atoms with van der Waals surface area (Å²) in [5.41, 5.74) is 1.68. The van der Waals surface area contributed by atoms with E-state index in [9.17, 15) is 19.8 Å². The number of aliphatic hydroxyl groups is 2. The van der Waals surface area contributed by atoms with Crippen LogP contribution in [-0.4, -0.2) is 64.9 Å². The van der Waals surface area contributed by atoms with E-state index in [-0.39, 0.29) is 30.9 Å². The number of nitrogens with one attached hydrogen (secondary N) is 1. The SMILES string of the molecule is CC1(C)[C@H]2CC[C@@H](CN(C(=O)C3CC3)[C@@H]3C=C(C(=O)NCCO)[C@@H]4c5ccccc5O[C@@H]4[C@H]3O)[C@@H]1C2. The van der Waals surface area contributed by atoms with Crippen LogP contribution in [0.25, 0.3) is 0 Å². The molecular formula is C29H38N2O5. The van der Waals surface area contributed by atoms with E-state index in [1.54, 1.807) is 0 Å². The number of para-hydroxylation sites is 1. The molecule has 4 saturated carbocycles. The van der Waals surface area contributed by atoms with E-state index in [0.717, 1.165) is 30.7 Å². The van der Waals surface area contributed by atoms with Gasteiger partial charge in [0.1, 0.15) is 18.0 Å². The molecule has 7 nitrogen and oxygen atoms in total. The van der Waals surface area contributed by atoms with Gasteiger partial charge in [0.25, 0.3) is 0 Å². The van der Waals surface area contributed by atoms with Gasteiger partial charge in [0, 0.05) is 30.1 Å². The number of carbonyl (C=O) groups excluding carboxylic acids is 2. The number of rotatable bonds is 7. The van der Waals surface area contributed by atoms with Crippen LogP contribution >= 0.6 is 0 Å². The van der Waals surface area contributed by atoms with E-state index in [4.69, 9.17) is 4.74 Å². The molecule has 7 rings (SSSR count). The fourth-order valence-electron chi connectivity index (χ4n) is 7.55. The summed E-state index contributed by atoms with van der Waals surface area (Å²) in [7, 11) is 0. The number of ether oxygens (including phenoxy) is 1. The van der Waals surface area contributed by atoms with E-state index < -0.39 is 24.2 Å². The number of nitrogens with zero attached hydrogens (tertiary/aromatic N) is 1. The van der Waals surface area contributed by atoms with Gasteiger partial charge in [-0.15, -0.1) is 0 Å². The number of amides is 2. The lowest BCUT2D eigenvalue weighted by Crippen LogP contribution is -2.60. The topological polar surface area (TPSA) is 99.1 Å². The molecule has 1 aromatic carbocycles. The lowest BCUT2D eigenvalue weighted by Gasteiger charge is -2.61. The summed E-state index contributed by atoms with van der Waals surface area (Å²) >= 11 is 0. The zero-order chi connectivity index (χ0) is 25.2. The van der Waals surface area contributed by atoms with Crippen LogP contribution in [0.1, 0.15) is 57.4 Å². The molecule has 0 radical (unpaired) electrons. The Morgan fingerprint density at radius 2 is 1.94 bits per heavy atom. The maximum absolute atomic E-state index is 13.7. The maximum atomic E-state index is 13.7. The van der Waals surface area contributed by atoms with Crippen LogP contribution in [0.5, 0.6) is 5.75 Å². The lowest BCUT2D eigenvalue weighted by molar-refractivity contribution is -0.147. The van der Waals surface area contributed by atoms with Gasteiger partial charge in [-0.1, -0.05) is 32.0 Å². The summed E-state index contributed by atoms with van der Waals surface area (Å²) in [4.78, 5) is 28.9. The predicted molar refractivity (Wildman–Crippen MR) is 134 cm³/mol. The molecule has 1 heterocycles. The summed E-state index contributed by atoms with van der Waals surface area (Å²) in [5, 5.41) is 23.8. The third-order valence-electron chi connectivity index (χ3n) is 9.88. The Morgan fingerprint density at radius 3 is 2.64 bits per heavy atom. The molecule has 2 bridgehead atoms. The lowest BCUT2D eigenvalue weighted by atomic mass is 9.45. The molecule has 36 heavy (non-hydrogen) atoms. The molecule has 5 aliphatic carbocycles. The summed E-state index contributed by atoms with van der Waals surface area (Å²) in [5.74, 6) is 1.85. The summed E-state index contributed by atoms with van der Waals surface area (Å²) in [6, 6.07) is 6.97. The van der Waals surface area contributed by atoms with Crippen molar-refractivity contribution in [1.82, 2.24) is 10.2 Å². The molecule has 0 unspecified atom stereocenters. The van der Waals surface area contributed by atoms with Crippen molar-refractivity contribution in [1.29, 1.82) is 0 Å². The van der Waals surface area contributed by atoms with Gasteiger partial charge in [-0.2, -0.15) is 0 Å². The molecule has 0 aromatic heterocycles. The van der Waals surface area contributed by atoms with Crippen molar-refractivity contribution in [2.24, 2.45) is 29.1 Å². The molecule has 194 valence electrons. The molecule has 0 saturated heterocycles. The second-order valence-corrected chi connectivity index (χ2v) is 12.1. The van der Waals surface area contributed by atoms with Gasteiger partial charge < -0.3 is 25.2 Å². The third kappa shape index (κ3) is 3.77. The van der Waals surface area contributed by atoms with Gasteiger partial charge in [-0.25, -0.2) is 0 Å². The van der Waals surface area contributed by atoms with Gasteiger partial charge in [0.05, 0.1) is 18.6 Å². The zero-order valence-corrected chi connectivity index (χ0v) is 21.2. The largest absolute Gasteiger partial charge is 0.486 e. The molecular weight excluding hydrogens is 456 g/mol. The Labute approximate surface area is 212 Å². The average molecular weight is 495 g/mol. The summed E-state index contributed by atoms with van der Waals surface area (Å²) in [6.07, 6.45) is 5.55. The van der Waals surface area contributed by atoms with Crippen molar-refractivity contribution < 1.29 is 24.5 Å². The number of hydrogen-bond acceptors (Lipinski definition) is 5. The minimum atomic E-state index is -0.940. The fraction of sp³-hybridized carbons (Fsp3) is 0.655. The van der Waals surface area contributed by atoms with Gasteiger partial charge in [0.15, 0.2) is 0 Å². The van der Waals surface area contributed by atoms with E-state index in [1.807, 2.05) is 35.2 Å². The summed E-state index contributed by atoms with van der Waals surface area (Å²) in [6.45, 7) is 5.33. The molecule has 2 amide bonds. The minimum Gasteiger partial charge on any atom is -0.486 e. The number of benzene rings is 1. The number of carbonyl (C=O) groups is 2. The molecule has 7 atom stereocenters. The molecule has 3 N–H and O–H groups in total. The fourth-order valence-corrected chi connectivity index (χ4v) is 7.55. The van der Waals surface area contributed by atoms with Crippen LogP contribution in [-0.2, 0) is 9.59 Å². The third-order valence-corrected chi connectivity index (χ3v) is 9.88. The van der Waals surface area contributed by atoms with Gasteiger partial charge in [-0.3, -0.25) is 9.59 Å². The van der Waals surface area contributed by atoms with Crippen LogP contribution in [0.15, 0.2) is 35.9 Å².